The summed E-state index contributed by atoms with van der Waals surface area (Å²) in [6.07, 6.45) is 1.66. The monoisotopic (exact) mass is 254 g/mol. The van der Waals surface area contributed by atoms with Crippen LogP contribution < -0.4 is 5.73 Å². The molecule has 0 saturated heterocycles. The first-order valence-electron chi connectivity index (χ1n) is 4.64. The third-order valence-electron chi connectivity index (χ3n) is 1.77. The van der Waals surface area contributed by atoms with Gasteiger partial charge in [0.2, 0.25) is 11.1 Å². The zero-order chi connectivity index (χ0) is 12.3. The Balaban J connectivity index is 2.10. The summed E-state index contributed by atoms with van der Waals surface area (Å²) in [6.45, 7) is 0. The second-order valence-electron chi connectivity index (χ2n) is 3.09. The highest BCUT2D eigenvalue weighted by atomic mass is 32.2. The summed E-state index contributed by atoms with van der Waals surface area (Å²) in [7, 11) is 0. The lowest BCUT2D eigenvalue weighted by Crippen LogP contribution is -2.07. The van der Waals surface area contributed by atoms with Crippen molar-refractivity contribution >= 4 is 17.7 Å². The van der Waals surface area contributed by atoms with Gasteiger partial charge < -0.3 is 15.9 Å². The van der Waals surface area contributed by atoms with Crippen LogP contribution in [0.1, 0.15) is 0 Å². The van der Waals surface area contributed by atoms with E-state index in [2.05, 4.69) is 25.1 Å². The van der Waals surface area contributed by atoms with E-state index in [1.165, 1.54) is 12.4 Å². The molecule has 0 radical (unpaired) electrons. The Morgan fingerprint density at radius 3 is 2.71 bits per heavy atom. The lowest BCUT2D eigenvalue weighted by molar-refractivity contribution is -0.0186. The number of nitrogens with two attached hydrogens (primary N) is 1. The lowest BCUT2D eigenvalue weighted by atomic mass is 10.3. The van der Waals surface area contributed by atoms with Crippen molar-refractivity contribution < 1.29 is 10.2 Å². The van der Waals surface area contributed by atoms with Gasteiger partial charge in [-0.3, -0.25) is 5.10 Å². The molecular weight excluding hydrogens is 244 g/mol. The molecule has 0 aliphatic rings. The lowest BCUT2D eigenvalue weighted by Gasteiger charge is -1.98. The van der Waals surface area contributed by atoms with E-state index in [9.17, 15) is 0 Å². The summed E-state index contributed by atoms with van der Waals surface area (Å²) in [5.74, 6) is 0.793. The molecule has 0 aromatic carbocycles. The van der Waals surface area contributed by atoms with E-state index in [0.29, 0.717) is 16.5 Å². The van der Waals surface area contributed by atoms with E-state index in [1.807, 2.05) is 0 Å². The summed E-state index contributed by atoms with van der Waals surface area (Å²) in [5.41, 5.74) is 6.02. The van der Waals surface area contributed by atoms with Gasteiger partial charge in [0.25, 0.3) is 0 Å². The third-order valence-corrected chi connectivity index (χ3v) is 2.68. The molecule has 0 saturated carbocycles. The Hall–Kier alpha value is -1.71. The van der Waals surface area contributed by atoms with Crippen molar-refractivity contribution in [3.05, 3.63) is 12.4 Å². The van der Waals surface area contributed by atoms with E-state index < -0.39 is 6.29 Å². The molecule has 0 unspecified atom stereocenters. The molecule has 2 aromatic rings. The second kappa shape index (κ2) is 5.08. The molecule has 0 fully saturated rings. The molecule has 0 aliphatic carbocycles. The van der Waals surface area contributed by atoms with Gasteiger partial charge in [-0.1, -0.05) is 11.8 Å². The van der Waals surface area contributed by atoms with E-state index in [1.54, 1.807) is 0 Å². The van der Waals surface area contributed by atoms with Crippen LogP contribution in [0, 0.1) is 0 Å². The minimum atomic E-state index is -1.39. The fourth-order valence-corrected chi connectivity index (χ4v) is 1.61. The molecule has 8 nitrogen and oxygen atoms in total. The largest absolute Gasteiger partial charge is 0.368 e. The number of hydrogen-bond donors (Lipinski definition) is 4. The molecule has 17 heavy (non-hydrogen) atoms. The fourth-order valence-electron chi connectivity index (χ4n) is 1.05. The quantitative estimate of drug-likeness (QED) is 0.413. The van der Waals surface area contributed by atoms with E-state index >= 15 is 0 Å². The average Bonchev–Trinajstić information content (AvgIpc) is 2.76. The fraction of sp³-hybridized carbons (Fsp3) is 0.250. The topological polar surface area (TPSA) is 134 Å². The maximum atomic E-state index is 8.70. The highest BCUT2D eigenvalue weighted by molar-refractivity contribution is 7.99. The SMILES string of the molecule is Nc1ncc(-c2nc(SCC(O)O)n[nH]2)cn1. The average molecular weight is 254 g/mol. The number of anilines is 1. The van der Waals surface area contributed by atoms with Crippen molar-refractivity contribution in [2.75, 3.05) is 11.5 Å². The third kappa shape index (κ3) is 3.12. The molecule has 90 valence electrons. The standard InChI is InChI=1S/C8H10N6O2S/c9-7-10-1-4(2-11-7)6-12-8(14-13-6)17-3-5(15)16/h1-2,5,15-16H,3H2,(H2,9,10,11)(H,12,13,14). The molecule has 0 amide bonds. The number of hydrogen-bond acceptors (Lipinski definition) is 8. The summed E-state index contributed by atoms with van der Waals surface area (Å²) < 4.78 is 0. The van der Waals surface area contributed by atoms with Crippen LogP contribution >= 0.6 is 11.8 Å². The number of aliphatic hydroxyl groups is 2. The minimum absolute atomic E-state index is 0.107. The second-order valence-corrected chi connectivity index (χ2v) is 4.08. The molecule has 2 rings (SSSR count). The number of aromatic nitrogens is 5. The summed E-state index contributed by atoms with van der Waals surface area (Å²) in [5, 5.41) is 24.4. The van der Waals surface area contributed by atoms with Gasteiger partial charge in [0.1, 0.15) is 0 Å². The van der Waals surface area contributed by atoms with Gasteiger partial charge in [0, 0.05) is 12.4 Å². The van der Waals surface area contributed by atoms with Crippen LogP contribution in [0.3, 0.4) is 0 Å². The van der Waals surface area contributed by atoms with Gasteiger partial charge in [0.15, 0.2) is 12.1 Å². The van der Waals surface area contributed by atoms with Crippen molar-refractivity contribution in [2.45, 2.75) is 11.4 Å². The van der Waals surface area contributed by atoms with Crippen LogP contribution in [0.5, 0.6) is 0 Å². The summed E-state index contributed by atoms with van der Waals surface area (Å²) in [6, 6.07) is 0. The van der Waals surface area contributed by atoms with Crippen LogP contribution in [0.2, 0.25) is 0 Å². The van der Waals surface area contributed by atoms with Crippen LogP contribution in [-0.2, 0) is 0 Å². The Labute approximate surface area is 100 Å². The van der Waals surface area contributed by atoms with E-state index in [4.69, 9.17) is 15.9 Å². The summed E-state index contributed by atoms with van der Waals surface area (Å²) >= 11 is 1.13. The molecule has 9 heteroatoms. The van der Waals surface area contributed by atoms with Gasteiger partial charge in [-0.25, -0.2) is 15.0 Å². The molecule has 0 atom stereocenters. The van der Waals surface area contributed by atoms with Crippen molar-refractivity contribution in [3.63, 3.8) is 0 Å². The highest BCUT2D eigenvalue weighted by Gasteiger charge is 2.08. The predicted octanol–water partition coefficient (Wildman–Crippen LogP) is -0.753. The van der Waals surface area contributed by atoms with Gasteiger partial charge in [0.05, 0.1) is 11.3 Å². The van der Waals surface area contributed by atoms with Crippen molar-refractivity contribution in [1.29, 1.82) is 0 Å². The van der Waals surface area contributed by atoms with Crippen molar-refractivity contribution in [1.82, 2.24) is 25.1 Å². The number of aromatic amines is 1. The van der Waals surface area contributed by atoms with Gasteiger partial charge in [-0.15, -0.1) is 5.10 Å². The zero-order valence-electron chi connectivity index (χ0n) is 8.61. The van der Waals surface area contributed by atoms with Crippen LogP contribution in [0.25, 0.3) is 11.4 Å². The molecule has 0 aliphatic heterocycles. The highest BCUT2D eigenvalue weighted by Crippen LogP contribution is 2.18. The van der Waals surface area contributed by atoms with E-state index in [-0.39, 0.29) is 11.7 Å². The number of nitrogens with one attached hydrogen (secondary N) is 1. The summed E-state index contributed by atoms with van der Waals surface area (Å²) in [4.78, 5) is 11.8. The predicted molar refractivity (Wildman–Crippen MR) is 60.8 cm³/mol. The first-order chi connectivity index (χ1) is 8.15. The van der Waals surface area contributed by atoms with Gasteiger partial charge in [-0.05, 0) is 0 Å². The number of aliphatic hydroxyl groups excluding tert-OH is 1. The van der Waals surface area contributed by atoms with Crippen LogP contribution in [-0.4, -0.2) is 47.4 Å². The Morgan fingerprint density at radius 1 is 1.35 bits per heavy atom. The van der Waals surface area contributed by atoms with Crippen molar-refractivity contribution in [3.8, 4) is 11.4 Å². The number of H-pyrrole nitrogens is 1. The maximum absolute atomic E-state index is 8.70. The first kappa shape index (κ1) is 11.8. The maximum Gasteiger partial charge on any atom is 0.219 e. The first-order valence-corrected chi connectivity index (χ1v) is 5.63. The normalized spacial score (nSPS) is 11.0. The van der Waals surface area contributed by atoms with Crippen molar-refractivity contribution in [2.24, 2.45) is 0 Å². The Morgan fingerprint density at radius 2 is 2.06 bits per heavy atom. The van der Waals surface area contributed by atoms with Gasteiger partial charge >= 0.3 is 0 Å². The number of thioether (sulfide) groups is 1. The molecule has 0 bridgehead atoms. The van der Waals surface area contributed by atoms with Gasteiger partial charge in [-0.2, -0.15) is 0 Å². The number of nitrogens with zero attached hydrogens (tertiary/aromatic N) is 4. The molecule has 0 spiro atoms. The smallest absolute Gasteiger partial charge is 0.219 e. The minimum Gasteiger partial charge on any atom is -0.368 e. The van der Waals surface area contributed by atoms with Crippen LogP contribution in [0.4, 0.5) is 5.95 Å². The molecule has 2 aromatic heterocycles. The Bertz CT molecular complexity index is 485. The molecule has 5 N–H and O–H groups in total. The molecule has 2 heterocycles. The zero-order valence-corrected chi connectivity index (χ0v) is 9.42. The number of rotatable bonds is 4. The number of nitrogen functional groups attached to an aromatic ring is 1. The van der Waals surface area contributed by atoms with E-state index in [0.717, 1.165) is 11.8 Å². The molecular formula is C8H10N6O2S. The van der Waals surface area contributed by atoms with Crippen LogP contribution in [0.15, 0.2) is 17.6 Å². The Kier molecular flexibility index (Phi) is 3.52.